The van der Waals surface area contributed by atoms with Crippen LogP contribution in [0.25, 0.3) is 11.0 Å². The number of fused-ring (bicyclic) bond motifs is 1. The first-order valence-corrected chi connectivity index (χ1v) is 6.91. The molecule has 7 heteroatoms. The summed E-state index contributed by atoms with van der Waals surface area (Å²) in [5.74, 6) is -1.35. The van der Waals surface area contributed by atoms with Crippen LogP contribution in [0.1, 0.15) is 21.7 Å². The van der Waals surface area contributed by atoms with Crippen molar-refractivity contribution < 1.29 is 14.7 Å². The lowest BCUT2D eigenvalue weighted by Gasteiger charge is -2.22. The monoisotopic (exact) mass is 300 g/mol. The van der Waals surface area contributed by atoms with Gasteiger partial charge in [-0.2, -0.15) is 5.10 Å². The fraction of sp³-hybridized carbons (Fsp3) is 0.333. The van der Waals surface area contributed by atoms with Gasteiger partial charge in [-0.25, -0.2) is 9.78 Å². The molecule has 0 fully saturated rings. The molecule has 1 atom stereocenters. The maximum Gasteiger partial charge on any atom is 0.330 e. The maximum absolute atomic E-state index is 12.8. The summed E-state index contributed by atoms with van der Waals surface area (Å²) in [5.41, 5.74) is 2.47. The fourth-order valence-corrected chi connectivity index (χ4v) is 2.84. The van der Waals surface area contributed by atoms with E-state index >= 15 is 0 Å². The van der Waals surface area contributed by atoms with Crippen LogP contribution in [-0.2, 0) is 11.8 Å². The molecule has 22 heavy (non-hydrogen) atoms. The second kappa shape index (κ2) is 4.94. The standard InChI is InChI=1S/C15H16N4O3/c1-8-7-10(12-9(2)17-18(3)13(12)16-8)14(20)19-6-4-5-11(19)15(21)22/h4-5,7,11H,6H2,1-3H3,(H,21,22). The van der Waals surface area contributed by atoms with Gasteiger partial charge in [0.1, 0.15) is 6.04 Å². The smallest absolute Gasteiger partial charge is 0.330 e. The molecule has 0 aromatic carbocycles. The molecule has 3 rings (SSSR count). The normalized spacial score (nSPS) is 17.4. The van der Waals surface area contributed by atoms with Gasteiger partial charge in [0.25, 0.3) is 5.91 Å². The average molecular weight is 300 g/mol. The van der Waals surface area contributed by atoms with Crippen LogP contribution in [0.15, 0.2) is 18.2 Å². The Morgan fingerprint density at radius 1 is 1.36 bits per heavy atom. The van der Waals surface area contributed by atoms with Crippen LogP contribution in [0, 0.1) is 13.8 Å². The number of aromatic nitrogens is 3. The van der Waals surface area contributed by atoms with Crippen LogP contribution in [0.2, 0.25) is 0 Å². The SMILES string of the molecule is Cc1cc(C(=O)N2CC=CC2C(=O)O)c2c(C)nn(C)c2n1. The molecule has 0 spiro atoms. The number of carbonyl (C=O) groups is 2. The third-order valence-electron chi connectivity index (χ3n) is 3.80. The number of amides is 1. The van der Waals surface area contributed by atoms with Crippen LogP contribution in [0.5, 0.6) is 0 Å². The number of aliphatic carboxylic acids is 1. The van der Waals surface area contributed by atoms with E-state index in [1.807, 2.05) is 6.92 Å². The maximum atomic E-state index is 12.8. The molecule has 3 heterocycles. The summed E-state index contributed by atoms with van der Waals surface area (Å²) in [6.45, 7) is 3.90. The average Bonchev–Trinajstić information content (AvgIpc) is 3.03. The first kappa shape index (κ1) is 14.2. The molecule has 0 radical (unpaired) electrons. The number of hydrogen-bond acceptors (Lipinski definition) is 4. The summed E-state index contributed by atoms with van der Waals surface area (Å²) in [7, 11) is 1.77. The second-order valence-corrected chi connectivity index (χ2v) is 5.39. The van der Waals surface area contributed by atoms with Gasteiger partial charge in [0.2, 0.25) is 0 Å². The lowest BCUT2D eigenvalue weighted by Crippen LogP contribution is -2.41. The van der Waals surface area contributed by atoms with Crippen LogP contribution < -0.4 is 0 Å². The fourth-order valence-electron chi connectivity index (χ4n) is 2.84. The molecule has 2 aromatic heterocycles. The Balaban J connectivity index is 2.14. The van der Waals surface area contributed by atoms with Gasteiger partial charge >= 0.3 is 5.97 Å². The highest BCUT2D eigenvalue weighted by molar-refractivity contribution is 6.08. The topological polar surface area (TPSA) is 88.3 Å². The number of aryl methyl sites for hydroxylation is 3. The first-order chi connectivity index (χ1) is 10.4. The second-order valence-electron chi connectivity index (χ2n) is 5.39. The first-order valence-electron chi connectivity index (χ1n) is 6.91. The van der Waals surface area contributed by atoms with Crippen molar-refractivity contribution in [3.63, 3.8) is 0 Å². The number of pyridine rings is 1. The van der Waals surface area contributed by atoms with Crippen LogP contribution in [0.3, 0.4) is 0 Å². The molecule has 0 aliphatic carbocycles. The Kier molecular flexibility index (Phi) is 3.20. The van der Waals surface area contributed by atoms with Crippen LogP contribution >= 0.6 is 0 Å². The zero-order chi connectivity index (χ0) is 16.0. The summed E-state index contributed by atoms with van der Waals surface area (Å²) in [6, 6.07) is 0.768. The van der Waals surface area contributed by atoms with E-state index in [1.54, 1.807) is 30.8 Å². The van der Waals surface area contributed by atoms with E-state index in [1.165, 1.54) is 11.0 Å². The van der Waals surface area contributed by atoms with Crippen molar-refractivity contribution in [3.05, 3.63) is 35.2 Å². The molecule has 0 saturated heterocycles. The Morgan fingerprint density at radius 2 is 2.09 bits per heavy atom. The van der Waals surface area contributed by atoms with Gasteiger partial charge in [0, 0.05) is 19.3 Å². The molecule has 1 amide bonds. The minimum Gasteiger partial charge on any atom is -0.479 e. The van der Waals surface area contributed by atoms with Crippen molar-refractivity contribution in [2.75, 3.05) is 6.54 Å². The van der Waals surface area contributed by atoms with Gasteiger partial charge in [-0.15, -0.1) is 0 Å². The van der Waals surface area contributed by atoms with Crippen molar-refractivity contribution in [2.24, 2.45) is 7.05 Å². The van der Waals surface area contributed by atoms with Crippen LogP contribution in [-0.4, -0.2) is 49.2 Å². The lowest BCUT2D eigenvalue weighted by atomic mass is 10.1. The Bertz CT molecular complexity index is 822. The minimum absolute atomic E-state index is 0.290. The van der Waals surface area contributed by atoms with Gasteiger partial charge in [0.15, 0.2) is 5.65 Å². The van der Waals surface area contributed by atoms with E-state index in [4.69, 9.17) is 0 Å². The Hall–Kier alpha value is -2.70. The Morgan fingerprint density at radius 3 is 2.77 bits per heavy atom. The summed E-state index contributed by atoms with van der Waals surface area (Å²) in [4.78, 5) is 29.9. The molecular formula is C15H16N4O3. The molecular weight excluding hydrogens is 284 g/mol. The molecule has 0 saturated carbocycles. The van der Waals surface area contributed by atoms with E-state index in [-0.39, 0.29) is 12.5 Å². The summed E-state index contributed by atoms with van der Waals surface area (Å²) in [6.07, 6.45) is 3.22. The third-order valence-corrected chi connectivity index (χ3v) is 3.80. The van der Waals surface area contributed by atoms with E-state index in [2.05, 4.69) is 10.1 Å². The van der Waals surface area contributed by atoms with Crippen molar-refractivity contribution in [3.8, 4) is 0 Å². The number of rotatable bonds is 2. The zero-order valence-electron chi connectivity index (χ0n) is 12.6. The number of nitrogens with zero attached hydrogens (tertiary/aromatic N) is 4. The van der Waals surface area contributed by atoms with E-state index in [0.717, 1.165) is 0 Å². The van der Waals surface area contributed by atoms with Crippen molar-refractivity contribution in [1.82, 2.24) is 19.7 Å². The highest BCUT2D eigenvalue weighted by Gasteiger charge is 2.32. The van der Waals surface area contributed by atoms with Gasteiger partial charge in [-0.1, -0.05) is 12.2 Å². The number of carbonyl (C=O) groups excluding carboxylic acids is 1. The molecule has 1 aliphatic rings. The predicted molar refractivity (Wildman–Crippen MR) is 79.6 cm³/mol. The molecule has 0 bridgehead atoms. The number of carboxylic acids is 1. The Labute approximate surface area is 126 Å². The van der Waals surface area contributed by atoms with E-state index in [0.29, 0.717) is 28.0 Å². The van der Waals surface area contributed by atoms with Crippen LogP contribution in [0.4, 0.5) is 0 Å². The highest BCUT2D eigenvalue weighted by Crippen LogP contribution is 2.24. The molecule has 7 nitrogen and oxygen atoms in total. The zero-order valence-corrected chi connectivity index (χ0v) is 12.6. The van der Waals surface area contributed by atoms with Gasteiger partial charge < -0.3 is 10.0 Å². The largest absolute Gasteiger partial charge is 0.479 e. The predicted octanol–water partition coefficient (Wildman–Crippen LogP) is 1.05. The highest BCUT2D eigenvalue weighted by atomic mass is 16.4. The van der Waals surface area contributed by atoms with Crippen molar-refractivity contribution >= 4 is 22.9 Å². The third kappa shape index (κ3) is 2.05. The van der Waals surface area contributed by atoms with Gasteiger partial charge in [0.05, 0.1) is 16.6 Å². The number of carboxylic acid groups (broad SMARTS) is 1. The quantitative estimate of drug-likeness (QED) is 0.837. The van der Waals surface area contributed by atoms with Gasteiger partial charge in [-0.05, 0) is 19.9 Å². The minimum atomic E-state index is -1.04. The molecule has 1 unspecified atom stereocenters. The van der Waals surface area contributed by atoms with Gasteiger partial charge in [-0.3, -0.25) is 9.48 Å². The molecule has 1 aliphatic heterocycles. The van der Waals surface area contributed by atoms with Crippen molar-refractivity contribution in [2.45, 2.75) is 19.9 Å². The molecule has 2 aromatic rings. The summed E-state index contributed by atoms with van der Waals surface area (Å²) in [5, 5.41) is 14.2. The summed E-state index contributed by atoms with van der Waals surface area (Å²) >= 11 is 0. The summed E-state index contributed by atoms with van der Waals surface area (Å²) < 4.78 is 1.63. The lowest BCUT2D eigenvalue weighted by molar-refractivity contribution is -0.140. The van der Waals surface area contributed by atoms with E-state index in [9.17, 15) is 14.7 Å². The number of hydrogen-bond donors (Lipinski definition) is 1. The van der Waals surface area contributed by atoms with E-state index < -0.39 is 12.0 Å². The van der Waals surface area contributed by atoms with Crippen molar-refractivity contribution in [1.29, 1.82) is 0 Å². The molecule has 114 valence electrons. The molecule has 1 N–H and O–H groups in total.